The van der Waals surface area contributed by atoms with Crippen LogP contribution in [0.4, 0.5) is 8.78 Å². The van der Waals surface area contributed by atoms with E-state index in [9.17, 15) is 8.78 Å². The zero-order chi connectivity index (χ0) is 10.8. The second kappa shape index (κ2) is 3.77. The van der Waals surface area contributed by atoms with Gasteiger partial charge in [-0.3, -0.25) is 4.98 Å². The molecule has 0 bridgehead atoms. The van der Waals surface area contributed by atoms with Gasteiger partial charge in [0.1, 0.15) is 11.5 Å². The van der Waals surface area contributed by atoms with Crippen LogP contribution in [0.5, 0.6) is 0 Å². The van der Waals surface area contributed by atoms with Crippen LogP contribution in [0.3, 0.4) is 0 Å². The number of halogens is 2. The molecule has 0 aliphatic rings. The first-order valence-electron chi connectivity index (χ1n) is 4.55. The summed E-state index contributed by atoms with van der Waals surface area (Å²) >= 11 is 0. The lowest BCUT2D eigenvalue weighted by Gasteiger charge is -2.04. The van der Waals surface area contributed by atoms with Crippen molar-refractivity contribution in [3.8, 4) is 11.3 Å². The van der Waals surface area contributed by atoms with Crippen molar-refractivity contribution < 1.29 is 8.78 Å². The lowest BCUT2D eigenvalue weighted by atomic mass is 10.1. The van der Waals surface area contributed by atoms with Gasteiger partial charge in [-0.1, -0.05) is 12.1 Å². The van der Waals surface area contributed by atoms with Crippen molar-refractivity contribution in [2.75, 3.05) is 0 Å². The highest BCUT2D eigenvalue weighted by atomic mass is 19.1. The fourth-order valence-corrected chi connectivity index (χ4v) is 1.38. The van der Waals surface area contributed by atoms with E-state index in [0.29, 0.717) is 11.1 Å². The van der Waals surface area contributed by atoms with Gasteiger partial charge in [0.25, 0.3) is 0 Å². The lowest BCUT2D eigenvalue weighted by Crippen LogP contribution is -1.92. The first-order valence-corrected chi connectivity index (χ1v) is 4.55. The maximum Gasteiger partial charge on any atom is 0.152 e. The Hall–Kier alpha value is -1.77. The molecule has 15 heavy (non-hydrogen) atoms. The summed E-state index contributed by atoms with van der Waals surface area (Å²) in [7, 11) is 0. The molecule has 0 radical (unpaired) electrons. The van der Waals surface area contributed by atoms with Gasteiger partial charge in [0, 0.05) is 11.8 Å². The van der Waals surface area contributed by atoms with Crippen molar-refractivity contribution in [3.05, 3.63) is 53.7 Å². The smallest absolute Gasteiger partial charge is 0.152 e. The number of benzene rings is 1. The van der Waals surface area contributed by atoms with Crippen molar-refractivity contribution in [3.63, 3.8) is 0 Å². The Morgan fingerprint density at radius 1 is 1.13 bits per heavy atom. The van der Waals surface area contributed by atoms with Gasteiger partial charge in [0.15, 0.2) is 5.82 Å². The van der Waals surface area contributed by atoms with Gasteiger partial charge in [-0.15, -0.1) is 0 Å². The summed E-state index contributed by atoms with van der Waals surface area (Å²) in [5, 5.41) is 0. The number of pyridine rings is 1. The highest BCUT2D eigenvalue weighted by molar-refractivity contribution is 5.60. The predicted molar refractivity (Wildman–Crippen MR) is 54.3 cm³/mol. The van der Waals surface area contributed by atoms with E-state index in [1.807, 2.05) is 0 Å². The van der Waals surface area contributed by atoms with E-state index in [0.717, 1.165) is 0 Å². The molecule has 0 atom stereocenters. The fourth-order valence-electron chi connectivity index (χ4n) is 1.38. The van der Waals surface area contributed by atoms with Crippen LogP contribution >= 0.6 is 0 Å². The largest absolute Gasteiger partial charge is 0.253 e. The van der Waals surface area contributed by atoms with E-state index in [-0.39, 0.29) is 5.69 Å². The molecule has 1 aromatic carbocycles. The molecule has 3 heteroatoms. The number of rotatable bonds is 1. The molecular weight excluding hydrogens is 196 g/mol. The number of hydrogen-bond donors (Lipinski definition) is 0. The molecule has 0 amide bonds. The third-order valence-corrected chi connectivity index (χ3v) is 2.18. The van der Waals surface area contributed by atoms with Crippen molar-refractivity contribution in [1.29, 1.82) is 0 Å². The summed E-state index contributed by atoms with van der Waals surface area (Å²) in [6.45, 7) is 1.65. The second-order valence-electron chi connectivity index (χ2n) is 3.30. The third-order valence-electron chi connectivity index (χ3n) is 2.18. The maximum atomic E-state index is 13.6. The Kier molecular flexibility index (Phi) is 2.46. The Morgan fingerprint density at radius 3 is 2.67 bits per heavy atom. The van der Waals surface area contributed by atoms with E-state index in [2.05, 4.69) is 4.98 Å². The van der Waals surface area contributed by atoms with Gasteiger partial charge < -0.3 is 0 Å². The SMILES string of the molecule is Cc1ccnc(-c2cccc(F)c2)c1F. The standard InChI is InChI=1S/C12H9F2N/c1-8-5-6-15-12(11(8)14)9-3-2-4-10(13)7-9/h2-7H,1H3. The van der Waals surface area contributed by atoms with E-state index in [1.54, 1.807) is 19.1 Å². The normalized spacial score (nSPS) is 10.3. The minimum atomic E-state index is -0.400. The van der Waals surface area contributed by atoms with Gasteiger partial charge in [0.05, 0.1) is 0 Å². The molecular formula is C12H9F2N. The van der Waals surface area contributed by atoms with Crippen LogP contribution in [0.1, 0.15) is 5.56 Å². The fraction of sp³-hybridized carbons (Fsp3) is 0.0833. The van der Waals surface area contributed by atoms with Crippen LogP contribution in [0, 0.1) is 18.6 Å². The average Bonchev–Trinajstić information content (AvgIpc) is 2.22. The first-order chi connectivity index (χ1) is 7.18. The van der Waals surface area contributed by atoms with Crippen LogP contribution in [-0.4, -0.2) is 4.98 Å². The average molecular weight is 205 g/mol. The van der Waals surface area contributed by atoms with Gasteiger partial charge in [-0.05, 0) is 30.7 Å². The summed E-state index contributed by atoms with van der Waals surface area (Å²) in [5.41, 5.74) is 1.15. The summed E-state index contributed by atoms with van der Waals surface area (Å²) in [4.78, 5) is 3.91. The third kappa shape index (κ3) is 1.86. The summed E-state index contributed by atoms with van der Waals surface area (Å²) in [5.74, 6) is -0.793. The highest BCUT2D eigenvalue weighted by Crippen LogP contribution is 2.22. The minimum absolute atomic E-state index is 0.189. The van der Waals surface area contributed by atoms with E-state index in [4.69, 9.17) is 0 Å². The molecule has 0 fully saturated rings. The summed E-state index contributed by atoms with van der Waals surface area (Å²) in [6, 6.07) is 7.34. The molecule has 0 aliphatic heterocycles. The zero-order valence-corrected chi connectivity index (χ0v) is 8.17. The molecule has 2 aromatic rings. The second-order valence-corrected chi connectivity index (χ2v) is 3.30. The molecule has 76 valence electrons. The molecule has 0 unspecified atom stereocenters. The number of aromatic nitrogens is 1. The Bertz CT molecular complexity index is 495. The zero-order valence-electron chi connectivity index (χ0n) is 8.17. The maximum absolute atomic E-state index is 13.6. The van der Waals surface area contributed by atoms with Crippen molar-refractivity contribution >= 4 is 0 Å². The van der Waals surface area contributed by atoms with Gasteiger partial charge in [-0.25, -0.2) is 8.78 Å². The number of nitrogens with zero attached hydrogens (tertiary/aromatic N) is 1. The van der Waals surface area contributed by atoms with Gasteiger partial charge in [0.2, 0.25) is 0 Å². The molecule has 0 N–H and O–H groups in total. The first kappa shape index (κ1) is 9.77. The quantitative estimate of drug-likeness (QED) is 0.695. The van der Waals surface area contributed by atoms with E-state index in [1.165, 1.54) is 24.4 Å². The summed E-state index contributed by atoms with van der Waals surface area (Å²) in [6.07, 6.45) is 1.51. The number of aryl methyl sites for hydroxylation is 1. The van der Waals surface area contributed by atoms with Crippen molar-refractivity contribution in [2.45, 2.75) is 6.92 Å². The predicted octanol–water partition coefficient (Wildman–Crippen LogP) is 3.34. The molecule has 0 saturated heterocycles. The molecule has 0 spiro atoms. The van der Waals surface area contributed by atoms with Crippen LogP contribution < -0.4 is 0 Å². The minimum Gasteiger partial charge on any atom is -0.253 e. The van der Waals surface area contributed by atoms with Crippen LogP contribution in [0.2, 0.25) is 0 Å². The molecule has 1 nitrogen and oxygen atoms in total. The molecule has 0 saturated carbocycles. The topological polar surface area (TPSA) is 12.9 Å². The van der Waals surface area contributed by atoms with E-state index < -0.39 is 11.6 Å². The van der Waals surface area contributed by atoms with Crippen molar-refractivity contribution in [1.82, 2.24) is 4.98 Å². The summed E-state index contributed by atoms with van der Waals surface area (Å²) < 4.78 is 26.6. The molecule has 1 heterocycles. The van der Waals surface area contributed by atoms with Gasteiger partial charge >= 0.3 is 0 Å². The van der Waals surface area contributed by atoms with Crippen LogP contribution in [-0.2, 0) is 0 Å². The Morgan fingerprint density at radius 2 is 1.93 bits per heavy atom. The van der Waals surface area contributed by atoms with Crippen molar-refractivity contribution in [2.24, 2.45) is 0 Å². The highest BCUT2D eigenvalue weighted by Gasteiger charge is 2.08. The molecule has 2 rings (SSSR count). The van der Waals surface area contributed by atoms with Crippen LogP contribution in [0.15, 0.2) is 36.5 Å². The Labute approximate surface area is 86.4 Å². The lowest BCUT2D eigenvalue weighted by molar-refractivity contribution is 0.614. The van der Waals surface area contributed by atoms with Gasteiger partial charge in [-0.2, -0.15) is 0 Å². The van der Waals surface area contributed by atoms with E-state index >= 15 is 0 Å². The Balaban J connectivity index is 2.59. The molecule has 1 aromatic heterocycles. The molecule has 0 aliphatic carbocycles. The number of hydrogen-bond acceptors (Lipinski definition) is 1. The monoisotopic (exact) mass is 205 g/mol. The van der Waals surface area contributed by atoms with Crippen LogP contribution in [0.25, 0.3) is 11.3 Å².